The first-order chi connectivity index (χ1) is 11.2. The van der Waals surface area contributed by atoms with Gasteiger partial charge in [0, 0.05) is 0 Å². The van der Waals surface area contributed by atoms with Crippen LogP contribution in [0, 0.1) is 5.92 Å². The molecular formula is C18H13NO4. The van der Waals surface area contributed by atoms with E-state index in [2.05, 4.69) is 0 Å². The Kier molecular flexibility index (Phi) is 3.01. The number of nitrogens with zero attached hydrogens (tertiary/aromatic N) is 1. The molecule has 5 heteroatoms. The molecule has 0 bridgehead atoms. The van der Waals surface area contributed by atoms with E-state index in [1.807, 2.05) is 30.3 Å². The summed E-state index contributed by atoms with van der Waals surface area (Å²) in [7, 11) is 0. The third-order valence-corrected chi connectivity index (χ3v) is 4.26. The molecule has 0 unspecified atom stereocenters. The normalized spacial score (nSPS) is 22.0. The highest BCUT2D eigenvalue weighted by Crippen LogP contribution is 2.48. The van der Waals surface area contributed by atoms with Crippen molar-refractivity contribution in [3.8, 4) is 0 Å². The van der Waals surface area contributed by atoms with Crippen molar-refractivity contribution >= 4 is 17.8 Å². The number of hydroxylamine groups is 2. The molecule has 1 fully saturated rings. The highest BCUT2D eigenvalue weighted by molar-refractivity contribution is 6.20. The zero-order chi connectivity index (χ0) is 16.0. The second-order valence-electron chi connectivity index (χ2n) is 5.72. The van der Waals surface area contributed by atoms with Crippen molar-refractivity contribution in [1.29, 1.82) is 0 Å². The molecule has 0 N–H and O–H groups in total. The maximum Gasteiger partial charge on any atom is 0.336 e. The fourth-order valence-corrected chi connectivity index (χ4v) is 2.93. The summed E-state index contributed by atoms with van der Waals surface area (Å²) in [6.45, 7) is 0. The molecule has 5 nitrogen and oxygen atoms in total. The van der Waals surface area contributed by atoms with Crippen molar-refractivity contribution < 1.29 is 19.2 Å². The largest absolute Gasteiger partial charge is 0.336 e. The molecule has 2 atom stereocenters. The van der Waals surface area contributed by atoms with Crippen molar-refractivity contribution in [3.63, 3.8) is 0 Å². The fourth-order valence-electron chi connectivity index (χ4n) is 2.93. The molecule has 114 valence electrons. The number of carbonyl (C=O) groups is 3. The first-order valence-corrected chi connectivity index (χ1v) is 7.41. The summed E-state index contributed by atoms with van der Waals surface area (Å²) in [5, 5.41) is 0.577. The minimum absolute atomic E-state index is 0.0962. The Morgan fingerprint density at radius 3 is 2.09 bits per heavy atom. The first kappa shape index (κ1) is 13.7. The van der Waals surface area contributed by atoms with E-state index in [0.717, 1.165) is 5.56 Å². The number of hydrogen-bond donors (Lipinski definition) is 0. The molecule has 0 saturated heterocycles. The van der Waals surface area contributed by atoms with E-state index in [1.165, 1.54) is 0 Å². The molecule has 1 heterocycles. The van der Waals surface area contributed by atoms with Crippen LogP contribution in [0.5, 0.6) is 0 Å². The summed E-state index contributed by atoms with van der Waals surface area (Å²) in [6.07, 6.45) is 0.673. The van der Waals surface area contributed by atoms with Gasteiger partial charge in [-0.05, 0) is 30.0 Å². The zero-order valence-electron chi connectivity index (χ0n) is 12.1. The smallest absolute Gasteiger partial charge is 0.329 e. The Morgan fingerprint density at radius 2 is 1.48 bits per heavy atom. The summed E-state index contributed by atoms with van der Waals surface area (Å²) < 4.78 is 0. The van der Waals surface area contributed by atoms with Crippen molar-refractivity contribution in [1.82, 2.24) is 5.06 Å². The van der Waals surface area contributed by atoms with Crippen molar-refractivity contribution in [3.05, 3.63) is 71.3 Å². The number of amides is 2. The van der Waals surface area contributed by atoms with Crippen LogP contribution in [0.15, 0.2) is 54.6 Å². The predicted molar refractivity (Wildman–Crippen MR) is 80.3 cm³/mol. The molecule has 2 amide bonds. The fraction of sp³-hybridized carbons (Fsp3) is 0.167. The molecule has 1 aliphatic heterocycles. The molecule has 0 radical (unpaired) electrons. The van der Waals surface area contributed by atoms with Crippen LogP contribution in [-0.4, -0.2) is 22.8 Å². The van der Waals surface area contributed by atoms with Crippen LogP contribution in [0.1, 0.15) is 38.6 Å². The minimum Gasteiger partial charge on any atom is -0.329 e. The average molecular weight is 307 g/mol. The van der Waals surface area contributed by atoms with Gasteiger partial charge in [0.15, 0.2) is 0 Å². The Balaban J connectivity index is 1.47. The zero-order valence-corrected chi connectivity index (χ0v) is 12.1. The lowest BCUT2D eigenvalue weighted by Crippen LogP contribution is -2.33. The quantitative estimate of drug-likeness (QED) is 0.818. The second-order valence-corrected chi connectivity index (χ2v) is 5.72. The number of benzene rings is 2. The lowest BCUT2D eigenvalue weighted by Gasteiger charge is -2.12. The van der Waals surface area contributed by atoms with Gasteiger partial charge in [-0.2, -0.15) is 0 Å². The van der Waals surface area contributed by atoms with Crippen LogP contribution in [0.4, 0.5) is 0 Å². The Bertz CT molecular complexity index is 780. The van der Waals surface area contributed by atoms with E-state index >= 15 is 0 Å². The molecule has 2 aliphatic rings. The van der Waals surface area contributed by atoms with E-state index in [9.17, 15) is 14.4 Å². The molecule has 0 spiro atoms. The number of carbonyl (C=O) groups excluding carboxylic acids is 3. The lowest BCUT2D eigenvalue weighted by atomic mass is 10.1. The van der Waals surface area contributed by atoms with Crippen molar-refractivity contribution in [2.24, 2.45) is 5.92 Å². The summed E-state index contributed by atoms with van der Waals surface area (Å²) >= 11 is 0. The van der Waals surface area contributed by atoms with E-state index in [4.69, 9.17) is 4.84 Å². The molecule has 2 aromatic rings. The van der Waals surface area contributed by atoms with E-state index in [-0.39, 0.29) is 23.0 Å². The van der Waals surface area contributed by atoms with Crippen LogP contribution in [0.3, 0.4) is 0 Å². The van der Waals surface area contributed by atoms with Crippen molar-refractivity contribution in [2.45, 2.75) is 12.3 Å². The van der Waals surface area contributed by atoms with Gasteiger partial charge in [-0.1, -0.05) is 47.5 Å². The molecule has 1 saturated carbocycles. The summed E-state index contributed by atoms with van der Waals surface area (Å²) in [6, 6.07) is 16.1. The van der Waals surface area contributed by atoms with Gasteiger partial charge in [-0.3, -0.25) is 9.59 Å². The Labute approximate surface area is 132 Å². The van der Waals surface area contributed by atoms with Crippen LogP contribution in [0.25, 0.3) is 0 Å². The van der Waals surface area contributed by atoms with Gasteiger partial charge in [0.25, 0.3) is 11.8 Å². The van der Waals surface area contributed by atoms with Gasteiger partial charge in [0.05, 0.1) is 17.0 Å². The first-order valence-electron chi connectivity index (χ1n) is 7.41. The highest BCUT2D eigenvalue weighted by Gasteiger charge is 2.48. The molecule has 1 aliphatic carbocycles. The SMILES string of the molecule is O=C(ON1C(=O)c2ccccc2C1=O)[C@@H]1C[C@H]1c1ccccc1. The predicted octanol–water partition coefficient (Wildman–Crippen LogP) is 2.54. The molecule has 4 rings (SSSR count). The number of imide groups is 1. The Hall–Kier alpha value is -2.95. The number of hydrogen-bond acceptors (Lipinski definition) is 4. The standard InChI is InChI=1S/C18H13NO4/c20-16-12-8-4-5-9-13(12)17(21)19(16)23-18(22)15-10-14(15)11-6-2-1-3-7-11/h1-9,14-15H,10H2/t14-,15+/m0/s1. The van der Waals surface area contributed by atoms with Crippen LogP contribution in [0.2, 0.25) is 0 Å². The highest BCUT2D eigenvalue weighted by atomic mass is 16.7. The maximum atomic E-state index is 12.2. The topological polar surface area (TPSA) is 63.7 Å². The average Bonchev–Trinajstić information content (AvgIpc) is 3.36. The molecule has 0 aromatic heterocycles. The van der Waals surface area contributed by atoms with E-state index in [0.29, 0.717) is 11.5 Å². The van der Waals surface area contributed by atoms with E-state index in [1.54, 1.807) is 24.3 Å². The van der Waals surface area contributed by atoms with Crippen LogP contribution < -0.4 is 0 Å². The van der Waals surface area contributed by atoms with Gasteiger partial charge in [0.2, 0.25) is 0 Å². The van der Waals surface area contributed by atoms with Gasteiger partial charge in [0.1, 0.15) is 0 Å². The van der Waals surface area contributed by atoms with Gasteiger partial charge in [-0.25, -0.2) is 4.79 Å². The summed E-state index contributed by atoms with van der Waals surface area (Å²) in [5.74, 6) is -1.92. The Morgan fingerprint density at radius 1 is 0.913 bits per heavy atom. The second kappa shape index (κ2) is 5.05. The summed E-state index contributed by atoms with van der Waals surface area (Å²) in [4.78, 5) is 41.6. The van der Waals surface area contributed by atoms with Gasteiger partial charge < -0.3 is 4.84 Å². The van der Waals surface area contributed by atoms with Crippen LogP contribution in [-0.2, 0) is 9.63 Å². The monoisotopic (exact) mass is 307 g/mol. The third-order valence-electron chi connectivity index (χ3n) is 4.26. The third kappa shape index (κ3) is 2.21. The lowest BCUT2D eigenvalue weighted by molar-refractivity contribution is -0.170. The molecule has 2 aromatic carbocycles. The van der Waals surface area contributed by atoms with Crippen molar-refractivity contribution in [2.75, 3.05) is 0 Å². The van der Waals surface area contributed by atoms with Gasteiger partial charge >= 0.3 is 5.97 Å². The van der Waals surface area contributed by atoms with Gasteiger partial charge in [-0.15, -0.1) is 0 Å². The van der Waals surface area contributed by atoms with E-state index < -0.39 is 17.8 Å². The number of fused-ring (bicyclic) bond motifs is 1. The number of rotatable bonds is 3. The maximum absolute atomic E-state index is 12.2. The minimum atomic E-state index is -0.587. The molecular weight excluding hydrogens is 294 g/mol. The molecule has 23 heavy (non-hydrogen) atoms. The van der Waals surface area contributed by atoms with Crippen LogP contribution >= 0.6 is 0 Å². The summed E-state index contributed by atoms with van der Waals surface area (Å²) in [5.41, 5.74) is 1.60.